The average molecular weight is 519 g/mol. The van der Waals surface area contributed by atoms with Gasteiger partial charge in [0.1, 0.15) is 5.82 Å². The minimum Gasteiger partial charge on any atom is -0.331 e. The fourth-order valence-corrected chi connectivity index (χ4v) is 4.89. The number of aryl methyl sites for hydroxylation is 1. The van der Waals surface area contributed by atoms with Crippen molar-refractivity contribution in [3.8, 4) is 0 Å². The van der Waals surface area contributed by atoms with Gasteiger partial charge in [0.25, 0.3) is 5.91 Å². The van der Waals surface area contributed by atoms with E-state index in [9.17, 15) is 27.2 Å². The zero-order chi connectivity index (χ0) is 26.0. The number of carbonyl (C=O) groups excluding carboxylic acids is 2. The van der Waals surface area contributed by atoms with Crippen molar-refractivity contribution in [2.24, 2.45) is 5.92 Å². The highest BCUT2D eigenvalue weighted by molar-refractivity contribution is 6.31. The molecule has 4 nitrogen and oxygen atoms in total. The van der Waals surface area contributed by atoms with Crippen LogP contribution < -0.4 is 5.32 Å². The van der Waals surface area contributed by atoms with Gasteiger partial charge in [-0.25, -0.2) is 4.39 Å². The molecule has 0 aliphatic carbocycles. The van der Waals surface area contributed by atoms with E-state index >= 15 is 0 Å². The molecule has 0 bridgehead atoms. The Balaban J connectivity index is 1.69. The predicted octanol–water partition coefficient (Wildman–Crippen LogP) is 7.04. The van der Waals surface area contributed by atoms with Gasteiger partial charge in [-0.05, 0) is 55.2 Å². The lowest BCUT2D eigenvalue weighted by molar-refractivity contribution is -0.137. The van der Waals surface area contributed by atoms with Crippen LogP contribution in [0.3, 0.4) is 0 Å². The lowest BCUT2D eigenvalue weighted by Crippen LogP contribution is -2.46. The number of amides is 2. The van der Waals surface area contributed by atoms with Gasteiger partial charge in [-0.1, -0.05) is 54.1 Å². The van der Waals surface area contributed by atoms with E-state index < -0.39 is 46.4 Å². The lowest BCUT2D eigenvalue weighted by Gasteiger charge is -2.41. The fourth-order valence-electron chi connectivity index (χ4n) is 4.66. The highest BCUT2D eigenvalue weighted by Crippen LogP contribution is 2.40. The summed E-state index contributed by atoms with van der Waals surface area (Å²) in [5.74, 6) is -2.51. The number of halogens is 5. The average Bonchev–Trinajstić information content (AvgIpc) is 2.84. The first-order chi connectivity index (χ1) is 17.1. The van der Waals surface area contributed by atoms with E-state index in [1.165, 1.54) is 23.1 Å². The zero-order valence-electron chi connectivity index (χ0n) is 19.3. The summed E-state index contributed by atoms with van der Waals surface area (Å²) >= 11 is 5.70. The third-order valence-corrected chi connectivity index (χ3v) is 6.67. The van der Waals surface area contributed by atoms with Crippen LogP contribution in [0.4, 0.5) is 23.2 Å². The Hall–Kier alpha value is -3.39. The van der Waals surface area contributed by atoms with E-state index in [1.54, 1.807) is 43.3 Å². The van der Waals surface area contributed by atoms with Gasteiger partial charge < -0.3 is 10.2 Å². The largest absolute Gasteiger partial charge is 0.417 e. The number of hydrogen-bond donors (Lipinski definition) is 1. The molecule has 3 aromatic carbocycles. The molecule has 2 atom stereocenters. The summed E-state index contributed by atoms with van der Waals surface area (Å²) in [6.07, 6.45) is -3.82. The van der Waals surface area contributed by atoms with Crippen LogP contribution in [0.5, 0.6) is 0 Å². The Morgan fingerprint density at radius 2 is 1.75 bits per heavy atom. The maximum atomic E-state index is 14.7. The quantitative estimate of drug-likeness (QED) is 0.377. The second kappa shape index (κ2) is 10.3. The fraction of sp³-hybridized carbons (Fsp3) is 0.259. The summed E-state index contributed by atoms with van der Waals surface area (Å²) in [5.41, 5.74) is -0.0352. The SMILES string of the molecule is Cc1cccc(F)c1C(=O)N1CCC[C@H](C(=O)Nc2ccc(Cl)c(C(F)(F)F)c2)[C@@H]1c1ccccc1. The molecule has 188 valence electrons. The molecule has 0 spiro atoms. The first kappa shape index (κ1) is 25.7. The molecule has 1 heterocycles. The molecule has 1 aliphatic heterocycles. The molecular weight excluding hydrogens is 496 g/mol. The normalized spacial score (nSPS) is 18.1. The van der Waals surface area contributed by atoms with Gasteiger partial charge >= 0.3 is 6.18 Å². The van der Waals surface area contributed by atoms with Crippen molar-refractivity contribution in [2.45, 2.75) is 32.0 Å². The first-order valence-electron chi connectivity index (χ1n) is 11.4. The molecule has 0 unspecified atom stereocenters. The van der Waals surface area contributed by atoms with Crippen LogP contribution in [0.1, 0.15) is 45.9 Å². The molecule has 0 radical (unpaired) electrons. The maximum absolute atomic E-state index is 14.7. The molecule has 0 aromatic heterocycles. The van der Waals surface area contributed by atoms with E-state index in [-0.39, 0.29) is 11.3 Å². The summed E-state index contributed by atoms with van der Waals surface area (Å²) in [4.78, 5) is 28.4. The van der Waals surface area contributed by atoms with Crippen LogP contribution >= 0.6 is 11.6 Å². The van der Waals surface area contributed by atoms with Crippen LogP contribution in [0, 0.1) is 18.7 Å². The van der Waals surface area contributed by atoms with Crippen LogP contribution in [-0.4, -0.2) is 23.3 Å². The number of anilines is 1. The van der Waals surface area contributed by atoms with Gasteiger partial charge in [0.05, 0.1) is 28.1 Å². The monoisotopic (exact) mass is 518 g/mol. The van der Waals surface area contributed by atoms with Crippen molar-refractivity contribution in [1.82, 2.24) is 4.90 Å². The second-order valence-corrected chi connectivity index (χ2v) is 9.12. The van der Waals surface area contributed by atoms with Crippen LogP contribution in [0.2, 0.25) is 5.02 Å². The molecule has 1 aliphatic rings. The van der Waals surface area contributed by atoms with Crippen molar-refractivity contribution in [3.63, 3.8) is 0 Å². The molecule has 3 aromatic rings. The van der Waals surface area contributed by atoms with Gasteiger partial charge in [0.2, 0.25) is 5.91 Å². The molecule has 36 heavy (non-hydrogen) atoms. The molecule has 9 heteroatoms. The molecule has 1 N–H and O–H groups in total. The summed E-state index contributed by atoms with van der Waals surface area (Å²) in [6, 6.07) is 15.7. The number of alkyl halides is 3. The maximum Gasteiger partial charge on any atom is 0.417 e. The van der Waals surface area contributed by atoms with E-state index in [0.717, 1.165) is 12.1 Å². The van der Waals surface area contributed by atoms with Gasteiger partial charge in [-0.15, -0.1) is 0 Å². The van der Waals surface area contributed by atoms with E-state index in [1.807, 2.05) is 0 Å². The van der Waals surface area contributed by atoms with Crippen LogP contribution in [0.15, 0.2) is 66.7 Å². The molecule has 4 rings (SSSR count). The Morgan fingerprint density at radius 3 is 2.42 bits per heavy atom. The van der Waals surface area contributed by atoms with E-state index in [4.69, 9.17) is 11.6 Å². The number of likely N-dealkylation sites (tertiary alicyclic amines) is 1. The van der Waals surface area contributed by atoms with Crippen molar-refractivity contribution in [3.05, 3.63) is 99.8 Å². The number of nitrogens with one attached hydrogen (secondary N) is 1. The predicted molar refractivity (Wildman–Crippen MR) is 129 cm³/mol. The zero-order valence-corrected chi connectivity index (χ0v) is 20.0. The third-order valence-electron chi connectivity index (χ3n) is 6.34. The Bertz CT molecular complexity index is 1260. The highest BCUT2D eigenvalue weighted by Gasteiger charge is 2.41. The van der Waals surface area contributed by atoms with Gasteiger partial charge in [-0.3, -0.25) is 9.59 Å². The van der Waals surface area contributed by atoms with Gasteiger partial charge in [-0.2, -0.15) is 13.2 Å². The highest BCUT2D eigenvalue weighted by atomic mass is 35.5. The van der Waals surface area contributed by atoms with E-state index in [2.05, 4.69) is 5.32 Å². The van der Waals surface area contributed by atoms with Crippen LogP contribution in [0.25, 0.3) is 0 Å². The van der Waals surface area contributed by atoms with Crippen molar-refractivity contribution in [1.29, 1.82) is 0 Å². The molecule has 1 fully saturated rings. The number of piperidine rings is 1. The number of carbonyl (C=O) groups is 2. The van der Waals surface area contributed by atoms with Crippen molar-refractivity contribution < 1.29 is 27.2 Å². The second-order valence-electron chi connectivity index (χ2n) is 8.72. The number of hydrogen-bond acceptors (Lipinski definition) is 2. The summed E-state index contributed by atoms with van der Waals surface area (Å²) in [5, 5.41) is 2.09. The molecule has 2 amide bonds. The summed E-state index contributed by atoms with van der Waals surface area (Å²) in [7, 11) is 0. The molecule has 0 saturated carbocycles. The van der Waals surface area contributed by atoms with Crippen molar-refractivity contribution >= 4 is 29.1 Å². The van der Waals surface area contributed by atoms with Crippen LogP contribution in [-0.2, 0) is 11.0 Å². The molecule has 1 saturated heterocycles. The minimum absolute atomic E-state index is 0.0584. The Labute approximate surface area is 210 Å². The summed E-state index contributed by atoms with van der Waals surface area (Å²) < 4.78 is 54.6. The smallest absolute Gasteiger partial charge is 0.331 e. The minimum atomic E-state index is -4.68. The van der Waals surface area contributed by atoms with Crippen molar-refractivity contribution in [2.75, 3.05) is 11.9 Å². The number of nitrogens with zero attached hydrogens (tertiary/aromatic N) is 1. The topological polar surface area (TPSA) is 49.4 Å². The Morgan fingerprint density at radius 1 is 1.03 bits per heavy atom. The van der Waals surface area contributed by atoms with Gasteiger partial charge in [0.15, 0.2) is 0 Å². The third kappa shape index (κ3) is 5.23. The standard InChI is InChI=1S/C27H23ClF4N2O2/c1-16-7-5-11-22(29)23(16)26(36)34-14-6-10-19(24(34)17-8-3-2-4-9-17)25(35)33-18-12-13-21(28)20(15-18)27(30,31)32/h2-5,7-9,11-13,15,19,24H,6,10,14H2,1H3,(H,33,35)/t19-,24-/m0/s1. The number of rotatable bonds is 4. The first-order valence-corrected chi connectivity index (χ1v) is 11.7. The summed E-state index contributed by atoms with van der Waals surface area (Å²) in [6.45, 7) is 1.94. The lowest BCUT2D eigenvalue weighted by atomic mass is 9.83. The Kier molecular flexibility index (Phi) is 7.36. The number of benzene rings is 3. The molecular formula is C27H23ClF4N2O2. The van der Waals surface area contributed by atoms with Gasteiger partial charge in [0, 0.05) is 12.2 Å². The van der Waals surface area contributed by atoms with E-state index in [0.29, 0.717) is 30.5 Å².